The highest BCUT2D eigenvalue weighted by molar-refractivity contribution is 7.64. The number of hydrogen-bond acceptors (Lipinski definition) is 2. The van der Waals surface area contributed by atoms with E-state index in [1.807, 2.05) is 12.7 Å². The van der Waals surface area contributed by atoms with Crippen LogP contribution in [0.15, 0.2) is 28.7 Å². The second kappa shape index (κ2) is 3.36. The van der Waals surface area contributed by atoms with E-state index < -0.39 is 7.14 Å². The van der Waals surface area contributed by atoms with Gasteiger partial charge in [-0.15, -0.1) is 11.3 Å². The van der Waals surface area contributed by atoms with Crippen LogP contribution in [0.1, 0.15) is 24.4 Å². The molecule has 1 aliphatic rings. The van der Waals surface area contributed by atoms with E-state index in [1.54, 1.807) is 11.3 Å². The summed E-state index contributed by atoms with van der Waals surface area (Å²) in [5, 5.41) is 2.07. The molecule has 1 aromatic rings. The van der Waals surface area contributed by atoms with Crippen LogP contribution >= 0.6 is 18.5 Å². The van der Waals surface area contributed by atoms with E-state index in [2.05, 4.69) is 25.3 Å². The quantitative estimate of drug-likeness (QED) is 0.519. The summed E-state index contributed by atoms with van der Waals surface area (Å²) in [6.07, 6.45) is 0.807. The molecule has 0 aromatic carbocycles. The fourth-order valence-corrected chi connectivity index (χ4v) is 6.93. The molecule has 3 heteroatoms. The van der Waals surface area contributed by atoms with Gasteiger partial charge in [0.05, 0.1) is 5.66 Å². The summed E-state index contributed by atoms with van der Waals surface area (Å²) < 4.78 is 12.4. The van der Waals surface area contributed by atoms with Crippen molar-refractivity contribution >= 4 is 18.5 Å². The monoisotopic (exact) mass is 226 g/mol. The van der Waals surface area contributed by atoms with Gasteiger partial charge in [-0.25, -0.2) is 0 Å². The maximum Gasteiger partial charge on any atom is 0.100 e. The summed E-state index contributed by atoms with van der Waals surface area (Å²) >= 11 is 1.72. The van der Waals surface area contributed by atoms with E-state index in [-0.39, 0.29) is 5.66 Å². The van der Waals surface area contributed by atoms with E-state index in [0.29, 0.717) is 0 Å². The summed E-state index contributed by atoms with van der Waals surface area (Å²) in [6, 6.07) is 4.15. The molecule has 14 heavy (non-hydrogen) atoms. The molecule has 1 aromatic heterocycles. The molecule has 2 rings (SSSR count). The molecule has 2 heterocycles. The molecule has 0 saturated carbocycles. The van der Waals surface area contributed by atoms with Crippen molar-refractivity contribution in [3.8, 4) is 0 Å². The molecule has 1 nitrogen and oxygen atoms in total. The Morgan fingerprint density at radius 3 is 2.64 bits per heavy atom. The van der Waals surface area contributed by atoms with Gasteiger partial charge in [-0.2, -0.15) is 0 Å². The number of rotatable bonds is 1. The van der Waals surface area contributed by atoms with Crippen molar-refractivity contribution in [2.45, 2.75) is 19.5 Å². The number of hydrogen-bond donors (Lipinski definition) is 0. The number of allylic oxidation sites excluding steroid dienone is 2. The van der Waals surface area contributed by atoms with Gasteiger partial charge in [0.1, 0.15) is 7.14 Å². The van der Waals surface area contributed by atoms with Crippen molar-refractivity contribution in [3.63, 3.8) is 0 Å². The normalized spacial score (nSPS) is 32.6. The third-order valence-corrected chi connectivity index (χ3v) is 6.97. The van der Waals surface area contributed by atoms with Crippen LogP contribution in [-0.4, -0.2) is 12.8 Å². The third kappa shape index (κ3) is 1.51. The van der Waals surface area contributed by atoms with Gasteiger partial charge in [0, 0.05) is 11.0 Å². The molecule has 0 fully saturated rings. The average Bonchev–Trinajstić information content (AvgIpc) is 2.60. The fraction of sp³-hybridized carbons (Fsp3) is 0.455. The van der Waals surface area contributed by atoms with E-state index in [4.69, 9.17) is 0 Å². The second-order valence-corrected chi connectivity index (χ2v) is 8.37. The summed E-state index contributed by atoms with van der Waals surface area (Å²) in [7, 11) is -2.02. The first-order chi connectivity index (χ1) is 6.52. The van der Waals surface area contributed by atoms with Gasteiger partial charge in [-0.1, -0.05) is 17.2 Å². The topological polar surface area (TPSA) is 17.1 Å². The van der Waals surface area contributed by atoms with Crippen LogP contribution in [0.3, 0.4) is 0 Å². The van der Waals surface area contributed by atoms with E-state index >= 15 is 0 Å². The molecule has 0 saturated heterocycles. The van der Waals surface area contributed by atoms with Gasteiger partial charge in [0.15, 0.2) is 0 Å². The highest BCUT2D eigenvalue weighted by atomic mass is 32.1. The first-order valence-electron chi connectivity index (χ1n) is 4.78. The Bertz CT molecular complexity index is 417. The smallest absolute Gasteiger partial charge is 0.100 e. The van der Waals surface area contributed by atoms with Crippen LogP contribution in [0.25, 0.3) is 0 Å². The molecule has 1 aliphatic heterocycles. The zero-order valence-corrected chi connectivity index (χ0v) is 10.5. The van der Waals surface area contributed by atoms with Crippen molar-refractivity contribution in [1.29, 1.82) is 0 Å². The molecular weight excluding hydrogens is 211 g/mol. The summed E-state index contributed by atoms with van der Waals surface area (Å²) in [6.45, 7) is 6.18. The van der Waals surface area contributed by atoms with Crippen molar-refractivity contribution < 1.29 is 4.57 Å². The molecule has 0 aliphatic carbocycles. The molecule has 0 N–H and O–H groups in total. The van der Waals surface area contributed by atoms with E-state index in [9.17, 15) is 4.57 Å². The molecule has 2 atom stereocenters. The Hall–Kier alpha value is -0.330. The Balaban J connectivity index is 2.48. The van der Waals surface area contributed by atoms with E-state index in [1.165, 1.54) is 16.0 Å². The van der Waals surface area contributed by atoms with Crippen LogP contribution in [0.4, 0.5) is 0 Å². The van der Waals surface area contributed by atoms with Crippen molar-refractivity contribution in [3.05, 3.63) is 33.5 Å². The zero-order chi connectivity index (χ0) is 10.3. The molecule has 0 bridgehead atoms. The maximum atomic E-state index is 12.4. The molecule has 76 valence electrons. The summed E-state index contributed by atoms with van der Waals surface area (Å²) in [5.41, 5.74) is 2.87. The zero-order valence-electron chi connectivity index (χ0n) is 8.78. The van der Waals surface area contributed by atoms with Crippen LogP contribution in [-0.2, 0) is 4.57 Å². The SMILES string of the molecule is CC1=C(C)[C@@H](c2cccs2)[P@](C)(=O)C1. The molecule has 0 unspecified atom stereocenters. The van der Waals surface area contributed by atoms with Crippen molar-refractivity contribution in [2.24, 2.45) is 0 Å². The Kier molecular flexibility index (Phi) is 2.45. The highest BCUT2D eigenvalue weighted by Crippen LogP contribution is 2.65. The maximum absolute atomic E-state index is 12.4. The van der Waals surface area contributed by atoms with Crippen molar-refractivity contribution in [1.82, 2.24) is 0 Å². The van der Waals surface area contributed by atoms with Gasteiger partial charge in [0.2, 0.25) is 0 Å². The Labute approximate surface area is 89.2 Å². The van der Waals surface area contributed by atoms with Gasteiger partial charge in [-0.05, 0) is 32.0 Å². The number of thiophene rings is 1. The Morgan fingerprint density at radius 1 is 1.50 bits per heavy atom. The lowest BCUT2D eigenvalue weighted by atomic mass is 10.1. The van der Waals surface area contributed by atoms with E-state index in [0.717, 1.165) is 6.16 Å². The van der Waals surface area contributed by atoms with Gasteiger partial charge in [-0.3, -0.25) is 0 Å². The van der Waals surface area contributed by atoms with Gasteiger partial charge >= 0.3 is 0 Å². The van der Waals surface area contributed by atoms with Gasteiger partial charge in [0.25, 0.3) is 0 Å². The van der Waals surface area contributed by atoms with Crippen LogP contribution in [0.5, 0.6) is 0 Å². The lowest BCUT2D eigenvalue weighted by Gasteiger charge is -2.16. The lowest BCUT2D eigenvalue weighted by Crippen LogP contribution is -1.93. The van der Waals surface area contributed by atoms with Crippen LogP contribution < -0.4 is 0 Å². The van der Waals surface area contributed by atoms with Crippen LogP contribution in [0, 0.1) is 0 Å². The minimum atomic E-state index is -2.02. The molecular formula is C11H15OPS. The molecule has 0 radical (unpaired) electrons. The standard InChI is InChI=1S/C11H15OPS/c1-8-7-13(3,12)11(9(8)2)10-5-4-6-14-10/h4-6,11H,7H2,1-3H3/t11-,13+/m0/s1. The largest absolute Gasteiger partial charge is 0.323 e. The minimum absolute atomic E-state index is 0.211. The average molecular weight is 226 g/mol. The third-order valence-electron chi connectivity index (χ3n) is 2.99. The predicted molar refractivity (Wildman–Crippen MR) is 63.8 cm³/mol. The lowest BCUT2D eigenvalue weighted by molar-refractivity contribution is 0.577. The van der Waals surface area contributed by atoms with Gasteiger partial charge < -0.3 is 4.57 Å². The van der Waals surface area contributed by atoms with Crippen molar-refractivity contribution in [2.75, 3.05) is 12.8 Å². The molecule has 0 spiro atoms. The Morgan fingerprint density at radius 2 is 2.21 bits per heavy atom. The molecule has 0 amide bonds. The highest BCUT2D eigenvalue weighted by Gasteiger charge is 2.38. The fourth-order valence-electron chi connectivity index (χ4n) is 2.26. The summed E-state index contributed by atoms with van der Waals surface area (Å²) in [5.74, 6) is 0. The summed E-state index contributed by atoms with van der Waals surface area (Å²) in [4.78, 5) is 1.27. The first-order valence-corrected chi connectivity index (χ1v) is 8.07. The van der Waals surface area contributed by atoms with Crippen LogP contribution in [0.2, 0.25) is 0 Å². The second-order valence-electron chi connectivity index (χ2n) is 4.21. The predicted octanol–water partition coefficient (Wildman–Crippen LogP) is 4.13. The minimum Gasteiger partial charge on any atom is -0.323 e. The first kappa shape index (κ1) is 10.2.